The van der Waals surface area contributed by atoms with Crippen LogP contribution in [0.15, 0.2) is 53.7 Å². The zero-order valence-corrected chi connectivity index (χ0v) is 20.3. The van der Waals surface area contributed by atoms with E-state index in [9.17, 15) is 13.6 Å². The van der Waals surface area contributed by atoms with Crippen LogP contribution in [0.2, 0.25) is 0 Å². The van der Waals surface area contributed by atoms with E-state index in [4.69, 9.17) is 0 Å². The largest absolute Gasteiger partial charge is 0.341 e. The van der Waals surface area contributed by atoms with Gasteiger partial charge in [0.05, 0.1) is 11.8 Å². The smallest absolute Gasteiger partial charge is 0.233 e. The van der Waals surface area contributed by atoms with Crippen LogP contribution >= 0.6 is 11.8 Å². The van der Waals surface area contributed by atoms with Crippen LogP contribution in [-0.2, 0) is 11.3 Å². The third-order valence-electron chi connectivity index (χ3n) is 6.14. The highest BCUT2D eigenvalue weighted by atomic mass is 32.2. The van der Waals surface area contributed by atoms with Gasteiger partial charge in [0.1, 0.15) is 11.6 Å². The molecule has 0 aliphatic carbocycles. The van der Waals surface area contributed by atoms with Gasteiger partial charge in [0.15, 0.2) is 11.0 Å². The lowest BCUT2D eigenvalue weighted by Gasteiger charge is -2.31. The van der Waals surface area contributed by atoms with E-state index in [1.807, 2.05) is 4.57 Å². The second-order valence-corrected chi connectivity index (χ2v) is 9.53. The van der Waals surface area contributed by atoms with Gasteiger partial charge in [0.2, 0.25) is 5.91 Å². The average Bonchev–Trinajstić information content (AvgIpc) is 3.28. The first kappa shape index (κ1) is 24.3. The monoisotopic (exact) mass is 485 g/mol. The van der Waals surface area contributed by atoms with E-state index in [2.05, 4.69) is 22.0 Å². The molecule has 0 N–H and O–H groups in total. The fourth-order valence-electron chi connectivity index (χ4n) is 4.14. The standard InChI is InChI=1S/C25H29F2N5OS/c1-18(31-14-4-3-5-15-31)24-28-29-25(32(24)22-12-10-21(27)11-13-22)34-17-23(33)30(2)16-19-6-8-20(26)9-7-19/h6-13,18H,3-5,14-17H2,1-2H3. The second kappa shape index (κ2) is 11.1. The molecule has 1 unspecified atom stereocenters. The highest BCUT2D eigenvalue weighted by Gasteiger charge is 2.26. The number of rotatable bonds is 8. The van der Waals surface area contributed by atoms with Gasteiger partial charge in [-0.25, -0.2) is 8.78 Å². The maximum absolute atomic E-state index is 13.6. The lowest BCUT2D eigenvalue weighted by Crippen LogP contribution is -2.33. The van der Waals surface area contributed by atoms with Crippen molar-refractivity contribution in [3.8, 4) is 5.69 Å². The summed E-state index contributed by atoms with van der Waals surface area (Å²) < 4.78 is 28.7. The number of halogens is 2. The third kappa shape index (κ3) is 5.82. The van der Waals surface area contributed by atoms with Gasteiger partial charge in [-0.2, -0.15) is 0 Å². The van der Waals surface area contributed by atoms with E-state index in [1.54, 1.807) is 36.2 Å². The fraction of sp³-hybridized carbons (Fsp3) is 0.400. The first-order valence-electron chi connectivity index (χ1n) is 11.5. The molecule has 3 aromatic rings. The summed E-state index contributed by atoms with van der Waals surface area (Å²) in [6.45, 7) is 4.52. The van der Waals surface area contributed by atoms with Gasteiger partial charge in [-0.15, -0.1) is 10.2 Å². The predicted molar refractivity (Wildman–Crippen MR) is 129 cm³/mol. The van der Waals surface area contributed by atoms with Crippen LogP contribution in [0.1, 0.15) is 43.6 Å². The number of amides is 1. The van der Waals surface area contributed by atoms with Crippen LogP contribution < -0.4 is 0 Å². The van der Waals surface area contributed by atoms with Gasteiger partial charge < -0.3 is 4.90 Å². The lowest BCUT2D eigenvalue weighted by atomic mass is 10.1. The molecule has 1 fully saturated rings. The Bertz CT molecular complexity index is 1100. The summed E-state index contributed by atoms with van der Waals surface area (Å²) in [5.41, 5.74) is 1.62. The number of aromatic nitrogens is 3. The van der Waals surface area contributed by atoms with E-state index < -0.39 is 0 Å². The molecule has 4 rings (SSSR count). The SMILES string of the molecule is CC(c1nnc(SCC(=O)N(C)Cc2ccc(F)cc2)n1-c1ccc(F)cc1)N1CCCCC1. The quantitative estimate of drug-likeness (QED) is 0.427. The van der Waals surface area contributed by atoms with Crippen molar-refractivity contribution in [2.45, 2.75) is 43.9 Å². The van der Waals surface area contributed by atoms with Crippen molar-refractivity contribution >= 4 is 17.7 Å². The van der Waals surface area contributed by atoms with Gasteiger partial charge in [-0.05, 0) is 74.8 Å². The van der Waals surface area contributed by atoms with Gasteiger partial charge in [0.25, 0.3) is 0 Å². The van der Waals surface area contributed by atoms with Crippen molar-refractivity contribution in [3.63, 3.8) is 0 Å². The molecule has 1 amide bonds. The van der Waals surface area contributed by atoms with Crippen LogP contribution in [0.25, 0.3) is 5.69 Å². The zero-order valence-electron chi connectivity index (χ0n) is 19.5. The highest BCUT2D eigenvalue weighted by Crippen LogP contribution is 2.29. The molecule has 1 aliphatic rings. The molecule has 6 nitrogen and oxygen atoms in total. The fourth-order valence-corrected chi connectivity index (χ4v) is 5.03. The van der Waals surface area contributed by atoms with Crippen LogP contribution in [0.3, 0.4) is 0 Å². The molecule has 0 spiro atoms. The molecular formula is C25H29F2N5OS. The van der Waals surface area contributed by atoms with E-state index in [-0.39, 0.29) is 29.3 Å². The van der Waals surface area contributed by atoms with Crippen LogP contribution in [0.5, 0.6) is 0 Å². The summed E-state index contributed by atoms with van der Waals surface area (Å²) in [5.74, 6) is 0.267. The minimum absolute atomic E-state index is 0.0454. The summed E-state index contributed by atoms with van der Waals surface area (Å²) in [4.78, 5) is 16.8. The molecule has 2 heterocycles. The van der Waals surface area contributed by atoms with Crippen molar-refractivity contribution in [2.75, 3.05) is 25.9 Å². The Kier molecular flexibility index (Phi) is 7.95. The van der Waals surface area contributed by atoms with Gasteiger partial charge >= 0.3 is 0 Å². The Hall–Kier alpha value is -2.78. The molecule has 9 heteroatoms. The maximum atomic E-state index is 13.6. The Morgan fingerprint density at radius 3 is 2.26 bits per heavy atom. The van der Waals surface area contributed by atoms with Crippen molar-refractivity contribution < 1.29 is 13.6 Å². The first-order valence-corrected chi connectivity index (χ1v) is 12.5. The molecule has 0 bridgehead atoms. The number of carbonyl (C=O) groups excluding carboxylic acids is 1. The van der Waals surface area contributed by atoms with Crippen molar-refractivity contribution in [1.82, 2.24) is 24.6 Å². The van der Waals surface area contributed by atoms with E-state index in [0.717, 1.165) is 43.0 Å². The number of hydrogen-bond donors (Lipinski definition) is 0. The topological polar surface area (TPSA) is 54.3 Å². The summed E-state index contributed by atoms with van der Waals surface area (Å²) in [6, 6.07) is 12.4. The number of benzene rings is 2. The Morgan fingerprint density at radius 2 is 1.62 bits per heavy atom. The summed E-state index contributed by atoms with van der Waals surface area (Å²) >= 11 is 1.31. The maximum Gasteiger partial charge on any atom is 0.233 e. The minimum atomic E-state index is -0.311. The molecule has 2 aromatic carbocycles. The summed E-state index contributed by atoms with van der Waals surface area (Å²) in [6.07, 6.45) is 3.56. The number of nitrogens with zero attached hydrogens (tertiary/aromatic N) is 5. The van der Waals surface area contributed by atoms with Gasteiger partial charge in [-0.3, -0.25) is 14.3 Å². The van der Waals surface area contributed by atoms with E-state index in [1.165, 1.54) is 42.4 Å². The third-order valence-corrected chi connectivity index (χ3v) is 7.05. The molecule has 1 aliphatic heterocycles. The predicted octanol–water partition coefficient (Wildman–Crippen LogP) is 4.84. The van der Waals surface area contributed by atoms with Gasteiger partial charge in [-0.1, -0.05) is 30.3 Å². The summed E-state index contributed by atoms with van der Waals surface area (Å²) in [7, 11) is 1.72. The molecule has 180 valence electrons. The molecule has 1 aromatic heterocycles. The Morgan fingerprint density at radius 1 is 1.00 bits per heavy atom. The normalized spacial score (nSPS) is 15.3. The highest BCUT2D eigenvalue weighted by molar-refractivity contribution is 7.99. The number of hydrogen-bond acceptors (Lipinski definition) is 5. The van der Waals surface area contributed by atoms with Crippen LogP contribution in [0.4, 0.5) is 8.78 Å². The summed E-state index contributed by atoms with van der Waals surface area (Å²) in [5, 5.41) is 9.48. The van der Waals surface area contributed by atoms with E-state index in [0.29, 0.717) is 11.7 Å². The molecule has 1 saturated heterocycles. The number of likely N-dealkylation sites (tertiary alicyclic amines) is 1. The van der Waals surface area contributed by atoms with Crippen LogP contribution in [-0.4, -0.2) is 56.4 Å². The zero-order chi connectivity index (χ0) is 24.1. The minimum Gasteiger partial charge on any atom is -0.341 e. The average molecular weight is 486 g/mol. The van der Waals surface area contributed by atoms with Gasteiger partial charge in [0, 0.05) is 19.3 Å². The van der Waals surface area contributed by atoms with Crippen molar-refractivity contribution in [3.05, 3.63) is 71.6 Å². The molecule has 0 saturated carbocycles. The van der Waals surface area contributed by atoms with Crippen LogP contribution in [0, 0.1) is 11.6 Å². The molecule has 1 atom stereocenters. The number of thioether (sulfide) groups is 1. The van der Waals surface area contributed by atoms with E-state index >= 15 is 0 Å². The number of piperidine rings is 1. The lowest BCUT2D eigenvalue weighted by molar-refractivity contribution is -0.127. The van der Waals surface area contributed by atoms with Crippen molar-refractivity contribution in [1.29, 1.82) is 0 Å². The second-order valence-electron chi connectivity index (χ2n) is 8.59. The molecular weight excluding hydrogens is 456 g/mol. The number of carbonyl (C=O) groups is 1. The molecule has 34 heavy (non-hydrogen) atoms. The Balaban J connectivity index is 1.51. The van der Waals surface area contributed by atoms with Crippen molar-refractivity contribution in [2.24, 2.45) is 0 Å². The Labute approximate surface area is 203 Å². The molecule has 0 radical (unpaired) electrons. The first-order chi connectivity index (χ1) is 16.4.